The third-order valence-corrected chi connectivity index (χ3v) is 4.25. The number of amides is 2. The average molecular weight is 352 g/mol. The Morgan fingerprint density at radius 2 is 1.80 bits per heavy atom. The highest BCUT2D eigenvalue weighted by molar-refractivity contribution is 5.95. The normalized spacial score (nSPS) is 19.1. The third-order valence-electron chi connectivity index (χ3n) is 4.25. The summed E-state index contributed by atoms with van der Waals surface area (Å²) in [5.41, 5.74) is 1.72. The van der Waals surface area contributed by atoms with Crippen LogP contribution in [-0.4, -0.2) is 53.0 Å². The molecule has 0 aromatic heterocycles. The van der Waals surface area contributed by atoms with Crippen molar-refractivity contribution >= 4 is 12.0 Å². The monoisotopic (exact) mass is 352 g/mol. The van der Waals surface area contributed by atoms with Crippen LogP contribution >= 0.6 is 0 Å². The zero-order valence-electron chi connectivity index (χ0n) is 14.6. The molecule has 0 atom stereocenters. The Labute approximate surface area is 145 Å². The van der Waals surface area contributed by atoms with E-state index in [0.29, 0.717) is 25.1 Å². The van der Waals surface area contributed by atoms with E-state index in [-0.39, 0.29) is 0 Å². The predicted octanol–water partition coefficient (Wildman–Crippen LogP) is 3.07. The van der Waals surface area contributed by atoms with Crippen LogP contribution in [0.15, 0.2) is 18.2 Å². The summed E-state index contributed by atoms with van der Waals surface area (Å²) < 4.78 is 31.3. The summed E-state index contributed by atoms with van der Waals surface area (Å²) in [5.74, 6) is -3.18. The van der Waals surface area contributed by atoms with E-state index in [4.69, 9.17) is 4.74 Å². The number of hydrogen-bond donors (Lipinski definition) is 0. The second kappa shape index (κ2) is 5.97. The lowest BCUT2D eigenvalue weighted by Crippen LogP contribution is -2.58. The standard InChI is InChI=1S/C18H22F2N2O3/c1-17(2,3)25-16(24)21-7-6-12-4-5-13(8-14(12)9-21)15(23)22-10-18(19,20)11-22/h4-5,8H,6-7,9-11H2,1-3H3. The quantitative estimate of drug-likeness (QED) is 0.780. The highest BCUT2D eigenvalue weighted by Gasteiger charge is 2.46. The highest BCUT2D eigenvalue weighted by Crippen LogP contribution is 2.29. The number of nitrogens with zero attached hydrogens (tertiary/aromatic N) is 2. The summed E-state index contributed by atoms with van der Waals surface area (Å²) in [6.07, 6.45) is 0.280. The van der Waals surface area contributed by atoms with E-state index in [0.717, 1.165) is 16.0 Å². The zero-order valence-corrected chi connectivity index (χ0v) is 14.6. The molecular formula is C18H22F2N2O3. The average Bonchev–Trinajstić information content (AvgIpc) is 2.49. The molecule has 7 heteroatoms. The molecule has 0 unspecified atom stereocenters. The van der Waals surface area contributed by atoms with Crippen molar-refractivity contribution in [3.05, 3.63) is 34.9 Å². The maximum absolute atomic E-state index is 13.0. The van der Waals surface area contributed by atoms with Gasteiger partial charge in [0, 0.05) is 18.7 Å². The minimum Gasteiger partial charge on any atom is -0.444 e. The molecule has 1 aromatic rings. The molecule has 0 aliphatic carbocycles. The molecule has 2 aliphatic rings. The van der Waals surface area contributed by atoms with Crippen LogP contribution in [0.1, 0.15) is 42.3 Å². The number of carbonyl (C=O) groups excluding carboxylic acids is 2. The molecule has 0 radical (unpaired) electrons. The highest BCUT2D eigenvalue weighted by atomic mass is 19.3. The van der Waals surface area contributed by atoms with E-state index in [9.17, 15) is 18.4 Å². The molecule has 136 valence electrons. The minimum absolute atomic E-state index is 0.349. The summed E-state index contributed by atoms with van der Waals surface area (Å²) in [6, 6.07) is 5.21. The summed E-state index contributed by atoms with van der Waals surface area (Å²) in [4.78, 5) is 27.2. The fourth-order valence-electron chi connectivity index (χ4n) is 3.01. The van der Waals surface area contributed by atoms with Crippen molar-refractivity contribution in [1.29, 1.82) is 0 Å². The second-order valence-electron chi connectivity index (χ2n) is 7.65. The summed E-state index contributed by atoms with van der Waals surface area (Å²) in [5, 5.41) is 0. The maximum Gasteiger partial charge on any atom is 0.410 e. The molecule has 2 aliphatic heterocycles. The number of alkyl halides is 2. The van der Waals surface area contributed by atoms with Gasteiger partial charge in [0.25, 0.3) is 11.8 Å². The zero-order chi connectivity index (χ0) is 18.4. The van der Waals surface area contributed by atoms with Gasteiger partial charge in [-0.1, -0.05) is 6.07 Å². The number of hydrogen-bond acceptors (Lipinski definition) is 3. The lowest BCUT2D eigenvalue weighted by atomic mass is 9.96. The molecule has 25 heavy (non-hydrogen) atoms. The molecule has 1 saturated heterocycles. The van der Waals surface area contributed by atoms with Crippen molar-refractivity contribution in [1.82, 2.24) is 9.80 Å². The van der Waals surface area contributed by atoms with Gasteiger partial charge in [0.1, 0.15) is 5.60 Å². The summed E-state index contributed by atoms with van der Waals surface area (Å²) >= 11 is 0. The number of benzene rings is 1. The van der Waals surface area contributed by atoms with Crippen LogP contribution in [0.4, 0.5) is 13.6 Å². The van der Waals surface area contributed by atoms with Gasteiger partial charge in [-0.05, 0) is 50.5 Å². The van der Waals surface area contributed by atoms with Crippen LogP contribution < -0.4 is 0 Å². The molecule has 0 spiro atoms. The Morgan fingerprint density at radius 3 is 2.40 bits per heavy atom. The molecule has 5 nitrogen and oxygen atoms in total. The molecule has 1 aromatic carbocycles. The SMILES string of the molecule is CC(C)(C)OC(=O)N1CCc2ccc(C(=O)N3CC(F)(F)C3)cc2C1. The Bertz CT molecular complexity index is 705. The number of halogens is 2. The van der Waals surface area contributed by atoms with Crippen molar-refractivity contribution in [2.45, 2.75) is 45.3 Å². The lowest BCUT2D eigenvalue weighted by Gasteiger charge is -2.39. The van der Waals surface area contributed by atoms with Gasteiger partial charge in [0.15, 0.2) is 0 Å². The maximum atomic E-state index is 13.0. The fraction of sp³-hybridized carbons (Fsp3) is 0.556. The van der Waals surface area contributed by atoms with Gasteiger partial charge in [-0.3, -0.25) is 4.79 Å². The van der Waals surface area contributed by atoms with Crippen LogP contribution in [0.5, 0.6) is 0 Å². The number of carbonyl (C=O) groups is 2. The molecule has 1 fully saturated rings. The van der Waals surface area contributed by atoms with Gasteiger partial charge in [-0.2, -0.15) is 0 Å². The Balaban J connectivity index is 1.71. The van der Waals surface area contributed by atoms with Gasteiger partial charge in [-0.15, -0.1) is 0 Å². The third kappa shape index (κ3) is 3.91. The Kier molecular flexibility index (Phi) is 4.21. The molecular weight excluding hydrogens is 330 g/mol. The summed E-state index contributed by atoms with van der Waals surface area (Å²) in [6.45, 7) is 5.25. The van der Waals surface area contributed by atoms with Gasteiger partial charge in [-0.25, -0.2) is 13.6 Å². The smallest absolute Gasteiger partial charge is 0.410 e. The molecule has 0 bridgehead atoms. The van der Waals surface area contributed by atoms with E-state index >= 15 is 0 Å². The Morgan fingerprint density at radius 1 is 1.12 bits per heavy atom. The summed E-state index contributed by atoms with van der Waals surface area (Å²) in [7, 11) is 0. The van der Waals surface area contributed by atoms with Crippen molar-refractivity contribution in [2.75, 3.05) is 19.6 Å². The van der Waals surface area contributed by atoms with Crippen LogP contribution in [0.3, 0.4) is 0 Å². The van der Waals surface area contributed by atoms with E-state index in [1.165, 1.54) is 0 Å². The topological polar surface area (TPSA) is 49.9 Å². The molecule has 2 heterocycles. The lowest BCUT2D eigenvalue weighted by molar-refractivity contribution is -0.113. The van der Waals surface area contributed by atoms with Crippen LogP contribution in [0.2, 0.25) is 0 Å². The van der Waals surface area contributed by atoms with Gasteiger partial charge < -0.3 is 14.5 Å². The van der Waals surface area contributed by atoms with Crippen LogP contribution in [-0.2, 0) is 17.7 Å². The van der Waals surface area contributed by atoms with E-state index in [1.54, 1.807) is 17.0 Å². The molecule has 0 saturated carbocycles. The fourth-order valence-corrected chi connectivity index (χ4v) is 3.01. The van der Waals surface area contributed by atoms with Gasteiger partial charge in [0.05, 0.1) is 13.1 Å². The number of likely N-dealkylation sites (tertiary alicyclic amines) is 1. The first kappa shape index (κ1) is 17.6. The van der Waals surface area contributed by atoms with Gasteiger partial charge in [0.2, 0.25) is 0 Å². The van der Waals surface area contributed by atoms with Gasteiger partial charge >= 0.3 is 6.09 Å². The number of rotatable bonds is 1. The second-order valence-corrected chi connectivity index (χ2v) is 7.65. The molecule has 3 rings (SSSR count). The number of fused-ring (bicyclic) bond motifs is 1. The first-order valence-electron chi connectivity index (χ1n) is 8.31. The number of ether oxygens (including phenoxy) is 1. The van der Waals surface area contributed by atoms with E-state index in [1.807, 2.05) is 26.8 Å². The molecule has 0 N–H and O–H groups in total. The predicted molar refractivity (Wildman–Crippen MR) is 87.6 cm³/mol. The van der Waals surface area contributed by atoms with Crippen molar-refractivity contribution in [3.8, 4) is 0 Å². The molecule has 2 amide bonds. The van der Waals surface area contributed by atoms with Crippen molar-refractivity contribution in [3.63, 3.8) is 0 Å². The minimum atomic E-state index is -2.78. The van der Waals surface area contributed by atoms with Crippen molar-refractivity contribution in [2.24, 2.45) is 0 Å². The largest absolute Gasteiger partial charge is 0.444 e. The Hall–Kier alpha value is -2.18. The van der Waals surface area contributed by atoms with E-state index in [2.05, 4.69) is 0 Å². The van der Waals surface area contributed by atoms with E-state index < -0.39 is 36.6 Å². The first-order chi connectivity index (χ1) is 11.5. The van der Waals surface area contributed by atoms with Crippen LogP contribution in [0, 0.1) is 0 Å². The first-order valence-corrected chi connectivity index (χ1v) is 8.31. The van der Waals surface area contributed by atoms with Crippen molar-refractivity contribution < 1.29 is 23.1 Å². The van der Waals surface area contributed by atoms with Crippen LogP contribution in [0.25, 0.3) is 0 Å².